The monoisotopic (exact) mass is 315 g/mol. The average molecular weight is 315 g/mol. The molecule has 1 aromatic rings. The molecule has 1 N–H and O–H groups in total. The Bertz CT molecular complexity index is 618. The van der Waals surface area contributed by atoms with Crippen molar-refractivity contribution in [2.45, 2.75) is 46.1 Å². The molecule has 2 amide bonds. The van der Waals surface area contributed by atoms with E-state index in [2.05, 4.69) is 10.3 Å². The number of hydrogen-bond acceptors (Lipinski definition) is 3. The summed E-state index contributed by atoms with van der Waals surface area (Å²) in [6.07, 6.45) is 4.65. The van der Waals surface area contributed by atoms with Gasteiger partial charge in [-0.3, -0.25) is 14.6 Å². The van der Waals surface area contributed by atoms with Crippen LogP contribution >= 0.6 is 0 Å². The molecule has 1 aromatic heterocycles. The summed E-state index contributed by atoms with van der Waals surface area (Å²) in [5.74, 6) is 0.192. The number of hydrogen-bond donors (Lipinski definition) is 1. The van der Waals surface area contributed by atoms with Gasteiger partial charge in [-0.25, -0.2) is 0 Å². The first kappa shape index (κ1) is 16.0. The maximum absolute atomic E-state index is 12.6. The molecule has 1 unspecified atom stereocenters. The number of rotatable bonds is 3. The molecular weight excluding hydrogens is 290 g/mol. The van der Waals surface area contributed by atoms with Crippen LogP contribution in [0.2, 0.25) is 0 Å². The van der Waals surface area contributed by atoms with Gasteiger partial charge in [-0.1, -0.05) is 19.9 Å². The van der Waals surface area contributed by atoms with Gasteiger partial charge < -0.3 is 10.2 Å². The highest BCUT2D eigenvalue weighted by Gasteiger charge is 2.56. The molecule has 2 aliphatic rings. The zero-order valence-corrected chi connectivity index (χ0v) is 14.1. The lowest BCUT2D eigenvalue weighted by Gasteiger charge is -2.33. The van der Waals surface area contributed by atoms with E-state index in [-0.39, 0.29) is 23.1 Å². The van der Waals surface area contributed by atoms with Crippen molar-refractivity contribution in [2.24, 2.45) is 11.3 Å². The Hall–Kier alpha value is -1.91. The van der Waals surface area contributed by atoms with Crippen LogP contribution in [-0.2, 0) is 4.79 Å². The van der Waals surface area contributed by atoms with E-state index >= 15 is 0 Å². The van der Waals surface area contributed by atoms with Gasteiger partial charge >= 0.3 is 0 Å². The summed E-state index contributed by atoms with van der Waals surface area (Å²) < 4.78 is 0. The third kappa shape index (κ3) is 3.09. The zero-order valence-electron chi connectivity index (χ0n) is 14.1. The smallest absolute Gasteiger partial charge is 0.272 e. The number of amides is 2. The van der Waals surface area contributed by atoms with E-state index in [1.165, 1.54) is 0 Å². The highest BCUT2D eigenvalue weighted by Crippen LogP contribution is 2.54. The number of pyridine rings is 1. The van der Waals surface area contributed by atoms with Crippen molar-refractivity contribution in [3.8, 4) is 0 Å². The molecule has 1 aliphatic carbocycles. The van der Waals surface area contributed by atoms with Crippen molar-refractivity contribution in [3.63, 3.8) is 0 Å². The molecule has 23 heavy (non-hydrogen) atoms. The predicted octanol–water partition coefficient (Wildman–Crippen LogP) is 2.16. The van der Waals surface area contributed by atoms with Gasteiger partial charge in [-0.2, -0.15) is 0 Å². The first-order chi connectivity index (χ1) is 10.9. The summed E-state index contributed by atoms with van der Waals surface area (Å²) in [5, 5.41) is 3.14. The number of aromatic nitrogens is 1. The molecule has 0 aromatic carbocycles. The number of nitrogens with one attached hydrogen (secondary N) is 1. The van der Waals surface area contributed by atoms with E-state index in [1.807, 2.05) is 37.8 Å². The molecule has 3 rings (SSSR count). The molecule has 1 aliphatic heterocycles. The Kier molecular flexibility index (Phi) is 4.13. The van der Waals surface area contributed by atoms with Crippen molar-refractivity contribution in [2.75, 3.05) is 13.1 Å². The van der Waals surface area contributed by atoms with E-state index in [1.54, 1.807) is 6.20 Å². The van der Waals surface area contributed by atoms with Crippen LogP contribution in [0.4, 0.5) is 0 Å². The molecule has 0 bridgehead atoms. The minimum atomic E-state index is 0.0290. The minimum absolute atomic E-state index is 0.0290. The molecule has 2 fully saturated rings. The van der Waals surface area contributed by atoms with Crippen LogP contribution in [0, 0.1) is 18.3 Å². The molecule has 5 heteroatoms. The van der Waals surface area contributed by atoms with Crippen LogP contribution in [-0.4, -0.2) is 40.8 Å². The van der Waals surface area contributed by atoms with E-state index in [9.17, 15) is 9.59 Å². The Morgan fingerprint density at radius 3 is 2.65 bits per heavy atom. The summed E-state index contributed by atoms with van der Waals surface area (Å²) in [7, 11) is 0. The second-order valence-corrected chi connectivity index (χ2v) is 7.24. The largest absolute Gasteiger partial charge is 0.353 e. The Labute approximate surface area is 137 Å². The summed E-state index contributed by atoms with van der Waals surface area (Å²) >= 11 is 0. The quantitative estimate of drug-likeness (QED) is 0.930. The molecule has 5 nitrogen and oxygen atoms in total. The van der Waals surface area contributed by atoms with Crippen LogP contribution in [0.5, 0.6) is 0 Å². The summed E-state index contributed by atoms with van der Waals surface area (Å²) in [6.45, 7) is 7.26. The minimum Gasteiger partial charge on any atom is -0.353 e. The van der Waals surface area contributed by atoms with Crippen LogP contribution in [0.25, 0.3) is 0 Å². The first-order valence-electron chi connectivity index (χ1n) is 8.44. The summed E-state index contributed by atoms with van der Waals surface area (Å²) in [5.41, 5.74) is 1.70. The lowest BCUT2D eigenvalue weighted by molar-refractivity contribution is -0.124. The van der Waals surface area contributed by atoms with Gasteiger partial charge in [0.25, 0.3) is 5.91 Å². The van der Waals surface area contributed by atoms with Gasteiger partial charge in [0, 0.05) is 31.2 Å². The van der Waals surface area contributed by atoms with Crippen molar-refractivity contribution < 1.29 is 9.59 Å². The Morgan fingerprint density at radius 2 is 2.04 bits per heavy atom. The maximum atomic E-state index is 12.6. The van der Waals surface area contributed by atoms with E-state index in [4.69, 9.17) is 0 Å². The maximum Gasteiger partial charge on any atom is 0.272 e. The van der Waals surface area contributed by atoms with Gasteiger partial charge in [0.2, 0.25) is 5.91 Å². The Morgan fingerprint density at radius 1 is 1.35 bits per heavy atom. The third-order valence-electron chi connectivity index (χ3n) is 5.29. The number of piperidine rings is 1. The fraction of sp³-hybridized carbons (Fsp3) is 0.611. The summed E-state index contributed by atoms with van der Waals surface area (Å²) in [4.78, 5) is 30.6. The van der Waals surface area contributed by atoms with E-state index in [0.717, 1.165) is 37.9 Å². The summed E-state index contributed by atoms with van der Waals surface area (Å²) in [6, 6.07) is 4.07. The highest BCUT2D eigenvalue weighted by atomic mass is 16.2. The topological polar surface area (TPSA) is 62.3 Å². The van der Waals surface area contributed by atoms with E-state index in [0.29, 0.717) is 11.7 Å². The van der Waals surface area contributed by atoms with Gasteiger partial charge in [0.05, 0.1) is 0 Å². The molecule has 124 valence electrons. The number of carbonyl (C=O) groups is 2. The number of carbonyl (C=O) groups excluding carboxylic acids is 2. The standard InChI is InChI=1S/C18H25N3O2/c1-12(2)16(22)20-14-11-18(14)6-9-21(10-7-18)17(23)15-13(3)5-4-8-19-15/h4-5,8,12,14H,6-7,9-11H2,1-3H3,(H,20,22). The lowest BCUT2D eigenvalue weighted by Crippen LogP contribution is -2.42. The predicted molar refractivity (Wildman–Crippen MR) is 87.9 cm³/mol. The van der Waals surface area contributed by atoms with Crippen molar-refractivity contribution in [1.29, 1.82) is 0 Å². The molecule has 1 spiro atoms. The normalized spacial score (nSPS) is 22.3. The third-order valence-corrected chi connectivity index (χ3v) is 5.29. The fourth-order valence-electron chi connectivity index (χ4n) is 3.46. The lowest BCUT2D eigenvalue weighted by atomic mass is 9.92. The second-order valence-electron chi connectivity index (χ2n) is 7.24. The van der Waals surface area contributed by atoms with Crippen molar-refractivity contribution in [1.82, 2.24) is 15.2 Å². The van der Waals surface area contributed by atoms with Gasteiger partial charge in [0.15, 0.2) is 0 Å². The highest BCUT2D eigenvalue weighted by molar-refractivity contribution is 5.93. The first-order valence-corrected chi connectivity index (χ1v) is 8.44. The van der Waals surface area contributed by atoms with Crippen molar-refractivity contribution >= 4 is 11.8 Å². The SMILES string of the molecule is Cc1cccnc1C(=O)N1CCC2(CC1)CC2NC(=O)C(C)C. The zero-order chi connectivity index (χ0) is 16.6. The molecule has 1 saturated carbocycles. The van der Waals surface area contributed by atoms with Crippen LogP contribution in [0.1, 0.15) is 49.2 Å². The molecule has 0 radical (unpaired) electrons. The fourth-order valence-corrected chi connectivity index (χ4v) is 3.46. The van der Waals surface area contributed by atoms with Gasteiger partial charge in [-0.15, -0.1) is 0 Å². The number of aryl methyl sites for hydroxylation is 1. The molecular formula is C18H25N3O2. The number of likely N-dealkylation sites (tertiary alicyclic amines) is 1. The van der Waals surface area contributed by atoms with Crippen LogP contribution in [0.3, 0.4) is 0 Å². The van der Waals surface area contributed by atoms with Crippen molar-refractivity contribution in [3.05, 3.63) is 29.6 Å². The van der Waals surface area contributed by atoms with Gasteiger partial charge in [-0.05, 0) is 43.2 Å². The Balaban J connectivity index is 1.57. The number of nitrogens with zero attached hydrogens (tertiary/aromatic N) is 2. The molecule has 1 saturated heterocycles. The molecule has 1 atom stereocenters. The molecule has 2 heterocycles. The van der Waals surface area contributed by atoms with Gasteiger partial charge in [0.1, 0.15) is 5.69 Å². The van der Waals surface area contributed by atoms with Crippen LogP contribution < -0.4 is 5.32 Å². The average Bonchev–Trinajstić information content (AvgIpc) is 3.19. The van der Waals surface area contributed by atoms with Crippen LogP contribution in [0.15, 0.2) is 18.3 Å². The van der Waals surface area contributed by atoms with E-state index < -0.39 is 0 Å². The second kappa shape index (κ2) is 5.95.